The van der Waals surface area contributed by atoms with Gasteiger partial charge in [0.2, 0.25) is 0 Å². The summed E-state index contributed by atoms with van der Waals surface area (Å²) in [6, 6.07) is 5.54. The first kappa shape index (κ1) is 16.5. The minimum Gasteiger partial charge on any atom is -0.372 e. The van der Waals surface area contributed by atoms with Gasteiger partial charge in [-0.1, -0.05) is 0 Å². The lowest BCUT2D eigenvalue weighted by Crippen LogP contribution is -2.45. The molecule has 4 rings (SSSR count). The molecule has 0 spiro atoms. The second-order valence-electron chi connectivity index (χ2n) is 6.48. The SMILES string of the molecule is CC1CN(c2cc3nc[nH]c(=O)c3c(Nc3cccnc3)n2)CC(C)O1. The van der Waals surface area contributed by atoms with E-state index in [1.165, 1.54) is 6.33 Å². The standard InChI is InChI=1S/C18H20N6O2/c1-11-8-24(9-12(2)26-11)15-6-14-16(18(25)21-10-20-14)17(23-15)22-13-4-3-5-19-7-13/h3-7,10-12H,8-9H2,1-2H3,(H,22,23)(H,20,21,25). The summed E-state index contributed by atoms with van der Waals surface area (Å²) in [6.07, 6.45) is 5.00. The molecule has 1 saturated heterocycles. The summed E-state index contributed by atoms with van der Waals surface area (Å²) in [5, 5.41) is 3.62. The number of nitrogens with one attached hydrogen (secondary N) is 2. The maximum Gasteiger partial charge on any atom is 0.262 e. The highest BCUT2D eigenvalue weighted by molar-refractivity contribution is 5.92. The van der Waals surface area contributed by atoms with Crippen molar-refractivity contribution in [3.05, 3.63) is 47.3 Å². The van der Waals surface area contributed by atoms with E-state index in [2.05, 4.69) is 25.2 Å². The van der Waals surface area contributed by atoms with Crippen molar-refractivity contribution in [3.63, 3.8) is 0 Å². The molecular formula is C18H20N6O2. The molecule has 0 amide bonds. The highest BCUT2D eigenvalue weighted by atomic mass is 16.5. The van der Waals surface area contributed by atoms with Gasteiger partial charge in [-0.2, -0.15) is 0 Å². The molecule has 1 aliphatic heterocycles. The number of rotatable bonds is 3. The van der Waals surface area contributed by atoms with Gasteiger partial charge < -0.3 is 19.9 Å². The van der Waals surface area contributed by atoms with Crippen molar-refractivity contribution in [2.75, 3.05) is 23.3 Å². The van der Waals surface area contributed by atoms with Crippen LogP contribution in [0.25, 0.3) is 10.9 Å². The number of pyridine rings is 2. The van der Waals surface area contributed by atoms with Gasteiger partial charge >= 0.3 is 0 Å². The Morgan fingerprint density at radius 3 is 2.85 bits per heavy atom. The normalized spacial score (nSPS) is 20.3. The van der Waals surface area contributed by atoms with Crippen molar-refractivity contribution in [1.29, 1.82) is 0 Å². The Kier molecular flexibility index (Phi) is 4.26. The van der Waals surface area contributed by atoms with Crippen LogP contribution in [0, 0.1) is 0 Å². The quantitative estimate of drug-likeness (QED) is 0.745. The molecule has 134 valence electrons. The molecule has 0 radical (unpaired) electrons. The van der Waals surface area contributed by atoms with Crippen LogP contribution in [0.1, 0.15) is 13.8 Å². The number of morpholine rings is 1. The molecule has 0 saturated carbocycles. The molecule has 3 aromatic rings. The molecule has 8 nitrogen and oxygen atoms in total. The highest BCUT2D eigenvalue weighted by Crippen LogP contribution is 2.27. The van der Waals surface area contributed by atoms with Crippen molar-refractivity contribution in [2.45, 2.75) is 26.1 Å². The molecule has 1 fully saturated rings. The van der Waals surface area contributed by atoms with E-state index in [1.807, 2.05) is 32.0 Å². The molecule has 4 heterocycles. The molecular weight excluding hydrogens is 332 g/mol. The molecule has 0 bridgehead atoms. The molecule has 26 heavy (non-hydrogen) atoms. The van der Waals surface area contributed by atoms with Crippen molar-refractivity contribution < 1.29 is 4.74 Å². The first-order valence-electron chi connectivity index (χ1n) is 8.56. The second-order valence-corrected chi connectivity index (χ2v) is 6.48. The van der Waals surface area contributed by atoms with Gasteiger partial charge in [0.1, 0.15) is 17.0 Å². The fraction of sp³-hybridized carbons (Fsp3) is 0.333. The summed E-state index contributed by atoms with van der Waals surface area (Å²) in [6.45, 7) is 5.56. The van der Waals surface area contributed by atoms with E-state index in [4.69, 9.17) is 9.72 Å². The molecule has 0 aromatic carbocycles. The van der Waals surface area contributed by atoms with Crippen molar-refractivity contribution in [3.8, 4) is 0 Å². The number of fused-ring (bicyclic) bond motifs is 1. The average molecular weight is 352 g/mol. The summed E-state index contributed by atoms with van der Waals surface area (Å²) < 4.78 is 5.81. The van der Waals surface area contributed by atoms with Crippen LogP contribution in [-0.2, 0) is 4.74 Å². The van der Waals surface area contributed by atoms with Crippen molar-refractivity contribution >= 4 is 28.2 Å². The van der Waals surface area contributed by atoms with Crippen molar-refractivity contribution in [1.82, 2.24) is 19.9 Å². The van der Waals surface area contributed by atoms with Gasteiger partial charge in [0.05, 0.1) is 35.9 Å². The van der Waals surface area contributed by atoms with E-state index >= 15 is 0 Å². The van der Waals surface area contributed by atoms with Gasteiger partial charge in [-0.3, -0.25) is 9.78 Å². The lowest BCUT2D eigenvalue weighted by molar-refractivity contribution is -0.00544. The zero-order chi connectivity index (χ0) is 18.1. The molecule has 2 N–H and O–H groups in total. The Morgan fingerprint density at radius 1 is 1.31 bits per heavy atom. The molecule has 8 heteroatoms. The topological polar surface area (TPSA) is 96.0 Å². The van der Waals surface area contributed by atoms with Gasteiger partial charge in [0, 0.05) is 25.4 Å². The van der Waals surface area contributed by atoms with Gasteiger partial charge in [0.15, 0.2) is 0 Å². The predicted molar refractivity (Wildman–Crippen MR) is 99.9 cm³/mol. The number of hydrogen-bond donors (Lipinski definition) is 2. The van der Waals surface area contributed by atoms with Crippen LogP contribution in [-0.4, -0.2) is 45.2 Å². The number of aromatic amines is 1. The Bertz CT molecular complexity index is 964. The maximum atomic E-state index is 12.4. The summed E-state index contributed by atoms with van der Waals surface area (Å²) in [4.78, 5) is 30.3. The van der Waals surface area contributed by atoms with Crippen LogP contribution in [0.5, 0.6) is 0 Å². The summed E-state index contributed by atoms with van der Waals surface area (Å²) in [5.74, 6) is 1.23. The average Bonchev–Trinajstić information content (AvgIpc) is 2.61. The van der Waals surface area contributed by atoms with E-state index in [-0.39, 0.29) is 17.8 Å². The van der Waals surface area contributed by atoms with Gasteiger partial charge in [0.25, 0.3) is 5.56 Å². The summed E-state index contributed by atoms with van der Waals surface area (Å²) in [5.41, 5.74) is 1.12. The smallest absolute Gasteiger partial charge is 0.262 e. The zero-order valence-corrected chi connectivity index (χ0v) is 14.6. The second kappa shape index (κ2) is 6.72. The monoisotopic (exact) mass is 352 g/mol. The Labute approximate surface area is 150 Å². The predicted octanol–water partition coefficient (Wildman–Crippen LogP) is 2.07. The number of nitrogens with zero attached hydrogens (tertiary/aromatic N) is 4. The lowest BCUT2D eigenvalue weighted by Gasteiger charge is -2.36. The van der Waals surface area contributed by atoms with E-state index in [0.717, 1.165) is 24.6 Å². The maximum absolute atomic E-state index is 12.4. The number of anilines is 3. The van der Waals surface area contributed by atoms with Crippen LogP contribution in [0.4, 0.5) is 17.3 Å². The largest absolute Gasteiger partial charge is 0.372 e. The van der Waals surface area contributed by atoms with Crippen LogP contribution >= 0.6 is 0 Å². The molecule has 2 atom stereocenters. The Morgan fingerprint density at radius 2 is 2.12 bits per heavy atom. The zero-order valence-electron chi connectivity index (χ0n) is 14.6. The van der Waals surface area contributed by atoms with Gasteiger partial charge in [-0.25, -0.2) is 9.97 Å². The van der Waals surface area contributed by atoms with E-state index in [0.29, 0.717) is 16.7 Å². The minimum atomic E-state index is -0.232. The molecule has 1 aliphatic rings. The summed E-state index contributed by atoms with van der Waals surface area (Å²) >= 11 is 0. The minimum absolute atomic E-state index is 0.109. The Hall–Kier alpha value is -3.00. The summed E-state index contributed by atoms with van der Waals surface area (Å²) in [7, 11) is 0. The van der Waals surface area contributed by atoms with Gasteiger partial charge in [-0.05, 0) is 26.0 Å². The molecule has 2 unspecified atom stereocenters. The lowest BCUT2D eigenvalue weighted by atomic mass is 10.2. The highest BCUT2D eigenvalue weighted by Gasteiger charge is 2.24. The first-order chi connectivity index (χ1) is 12.6. The molecule has 0 aliphatic carbocycles. The third-order valence-electron chi connectivity index (χ3n) is 4.28. The van der Waals surface area contributed by atoms with Crippen molar-refractivity contribution in [2.24, 2.45) is 0 Å². The van der Waals surface area contributed by atoms with Crippen LogP contribution in [0.2, 0.25) is 0 Å². The Balaban J connectivity index is 1.81. The van der Waals surface area contributed by atoms with E-state index in [1.54, 1.807) is 12.4 Å². The number of ether oxygens (including phenoxy) is 1. The number of H-pyrrole nitrogens is 1. The third kappa shape index (κ3) is 3.23. The van der Waals surface area contributed by atoms with Gasteiger partial charge in [-0.15, -0.1) is 0 Å². The number of aromatic nitrogens is 4. The van der Waals surface area contributed by atoms with E-state index < -0.39 is 0 Å². The van der Waals surface area contributed by atoms with Crippen LogP contribution in [0.3, 0.4) is 0 Å². The van der Waals surface area contributed by atoms with Crippen LogP contribution < -0.4 is 15.8 Å². The number of hydrogen-bond acceptors (Lipinski definition) is 7. The fourth-order valence-electron chi connectivity index (χ4n) is 3.27. The molecule has 3 aromatic heterocycles. The van der Waals surface area contributed by atoms with E-state index in [9.17, 15) is 4.79 Å². The fourth-order valence-corrected chi connectivity index (χ4v) is 3.27. The third-order valence-corrected chi connectivity index (χ3v) is 4.28. The first-order valence-corrected chi connectivity index (χ1v) is 8.56. The van der Waals surface area contributed by atoms with Crippen LogP contribution in [0.15, 0.2) is 41.7 Å².